The summed E-state index contributed by atoms with van der Waals surface area (Å²) in [6.07, 6.45) is 4.10. The zero-order valence-corrected chi connectivity index (χ0v) is 21.2. The Morgan fingerprint density at radius 2 is 1.82 bits per heavy atom. The van der Waals surface area contributed by atoms with Gasteiger partial charge >= 0.3 is 6.61 Å². The van der Waals surface area contributed by atoms with Gasteiger partial charge in [-0.2, -0.15) is 8.78 Å². The Bertz CT molecular complexity index is 1640. The van der Waals surface area contributed by atoms with Crippen LogP contribution in [-0.4, -0.2) is 59.8 Å². The highest BCUT2D eigenvalue weighted by Crippen LogP contribution is 2.50. The summed E-state index contributed by atoms with van der Waals surface area (Å²) >= 11 is 0. The molecule has 0 unspecified atom stereocenters. The van der Waals surface area contributed by atoms with E-state index in [0.29, 0.717) is 28.9 Å². The number of aromatic nitrogens is 4. The highest BCUT2D eigenvalue weighted by atomic mass is 19.3. The smallest absolute Gasteiger partial charge is 0.387 e. The summed E-state index contributed by atoms with van der Waals surface area (Å²) in [6, 6.07) is 9.62. The first-order valence-electron chi connectivity index (χ1n) is 12.7. The molecule has 2 N–H and O–H groups in total. The molecule has 4 heterocycles. The highest BCUT2D eigenvalue weighted by Gasteiger charge is 2.53. The number of fused-ring (bicyclic) bond motifs is 9. The second-order valence-corrected chi connectivity index (χ2v) is 11.0. The third-order valence-electron chi connectivity index (χ3n) is 8.15. The van der Waals surface area contributed by atoms with E-state index in [-0.39, 0.29) is 36.4 Å². The zero-order chi connectivity index (χ0) is 27.3. The number of nitrogens with zero attached hydrogens (tertiary/aromatic N) is 5. The summed E-state index contributed by atoms with van der Waals surface area (Å²) in [5.41, 5.74) is 1.62. The number of hydrogen-bond donors (Lipinski definition) is 2. The van der Waals surface area contributed by atoms with Crippen molar-refractivity contribution in [3.05, 3.63) is 71.6 Å². The van der Waals surface area contributed by atoms with Crippen molar-refractivity contribution >= 4 is 16.9 Å². The van der Waals surface area contributed by atoms with Gasteiger partial charge < -0.3 is 24.4 Å². The Morgan fingerprint density at radius 1 is 1.08 bits per heavy atom. The average Bonchev–Trinajstić information content (AvgIpc) is 3.40. The molecule has 3 aliphatic rings. The average molecular weight is 534 g/mol. The lowest BCUT2D eigenvalue weighted by Crippen LogP contribution is -2.53. The van der Waals surface area contributed by atoms with E-state index in [1.807, 2.05) is 22.8 Å². The van der Waals surface area contributed by atoms with Crippen LogP contribution in [0.25, 0.3) is 22.2 Å². The summed E-state index contributed by atoms with van der Waals surface area (Å²) in [6.45, 7) is -1.36. The van der Waals surface area contributed by atoms with E-state index in [2.05, 4.69) is 9.97 Å². The van der Waals surface area contributed by atoms with Crippen molar-refractivity contribution in [3.8, 4) is 16.9 Å². The van der Waals surface area contributed by atoms with E-state index in [0.717, 1.165) is 16.6 Å². The monoisotopic (exact) mass is 533 g/mol. The largest absolute Gasteiger partial charge is 0.434 e. The van der Waals surface area contributed by atoms with Gasteiger partial charge in [0.1, 0.15) is 17.2 Å². The molecule has 39 heavy (non-hydrogen) atoms. The standard InChI is InChI=1S/C28H25F2N5O4/c1-27(37)12-28(38,13-27)25-31-10-15(11-32-25)14-6-7-17-18(8-14)35-19-9-20(23(35)33-17)34(2)24(36)16-4-3-5-21(22(16)19)39-26(29)30/h3-8,10-11,19-20,26,37-38H,9,12-13H2,1-2H3/t19-,20+,27?,28?/m1/s1. The SMILES string of the molecule is CN1C(=O)c2cccc(OC(F)F)c2[C@H]2C[C@H]1c1nc3ccc(-c4cnc(C5(O)CC(C)(O)C5)nc4)cc3n12. The number of ether oxygens (including phenoxy) is 1. The van der Waals surface area contributed by atoms with Gasteiger partial charge in [0.25, 0.3) is 5.91 Å². The summed E-state index contributed by atoms with van der Waals surface area (Å²) in [4.78, 5) is 28.5. The van der Waals surface area contributed by atoms with Crippen LogP contribution in [0.1, 0.15) is 65.8 Å². The number of imidazole rings is 1. The summed E-state index contributed by atoms with van der Waals surface area (Å²) in [5, 5.41) is 20.8. The molecule has 1 amide bonds. The number of rotatable bonds is 4. The molecular formula is C28H25F2N5O4. The summed E-state index contributed by atoms with van der Waals surface area (Å²) in [7, 11) is 1.70. The van der Waals surface area contributed by atoms with Crippen molar-refractivity contribution in [3.63, 3.8) is 0 Å². The topological polar surface area (TPSA) is 114 Å². The molecule has 0 saturated heterocycles. The Morgan fingerprint density at radius 3 is 2.51 bits per heavy atom. The molecule has 2 bridgehead atoms. The lowest BCUT2D eigenvalue weighted by atomic mass is 9.68. The molecule has 1 aliphatic carbocycles. The molecule has 200 valence electrons. The molecule has 2 aromatic carbocycles. The van der Waals surface area contributed by atoms with Crippen LogP contribution in [0.2, 0.25) is 0 Å². The molecule has 4 aromatic rings. The Balaban J connectivity index is 1.33. The van der Waals surface area contributed by atoms with Gasteiger partial charge in [-0.15, -0.1) is 0 Å². The maximum atomic E-state index is 13.3. The van der Waals surface area contributed by atoms with E-state index < -0.39 is 23.9 Å². The quantitative estimate of drug-likeness (QED) is 0.408. The van der Waals surface area contributed by atoms with Crippen LogP contribution in [0.4, 0.5) is 8.78 Å². The number of aliphatic hydroxyl groups is 2. The number of carbonyl (C=O) groups excluding carboxylic acids is 1. The van der Waals surface area contributed by atoms with Gasteiger partial charge in [-0.25, -0.2) is 15.0 Å². The minimum Gasteiger partial charge on any atom is -0.434 e. The first kappa shape index (κ1) is 24.1. The van der Waals surface area contributed by atoms with E-state index in [9.17, 15) is 23.8 Å². The number of benzene rings is 2. The lowest BCUT2D eigenvalue weighted by Gasteiger charge is -2.46. The molecule has 7 rings (SSSR count). The van der Waals surface area contributed by atoms with Gasteiger partial charge in [0.2, 0.25) is 0 Å². The molecule has 2 aromatic heterocycles. The molecule has 0 radical (unpaired) electrons. The Kier molecular flexibility index (Phi) is 4.96. The molecule has 11 heteroatoms. The Labute approximate surface area is 221 Å². The second kappa shape index (κ2) is 8.03. The van der Waals surface area contributed by atoms with Gasteiger partial charge in [0.05, 0.1) is 28.7 Å². The number of halogens is 2. The number of carbonyl (C=O) groups is 1. The van der Waals surface area contributed by atoms with Crippen molar-refractivity contribution in [2.75, 3.05) is 7.05 Å². The zero-order valence-electron chi connectivity index (χ0n) is 21.2. The maximum Gasteiger partial charge on any atom is 0.387 e. The van der Waals surface area contributed by atoms with Gasteiger partial charge in [-0.05, 0) is 36.8 Å². The normalized spacial score (nSPS) is 27.4. The van der Waals surface area contributed by atoms with Crippen LogP contribution in [0.3, 0.4) is 0 Å². The molecule has 9 nitrogen and oxygen atoms in total. The van der Waals surface area contributed by atoms with Crippen LogP contribution in [0.15, 0.2) is 48.8 Å². The van der Waals surface area contributed by atoms with Crippen molar-refractivity contribution < 1.29 is 28.5 Å². The Hall–Kier alpha value is -3.96. The minimum absolute atomic E-state index is 0.0161. The van der Waals surface area contributed by atoms with Crippen LogP contribution in [0, 0.1) is 0 Å². The molecular weight excluding hydrogens is 508 g/mol. The number of hydrogen-bond acceptors (Lipinski definition) is 7. The van der Waals surface area contributed by atoms with Crippen molar-refractivity contribution in [2.45, 2.75) is 56.1 Å². The predicted molar refractivity (Wildman–Crippen MR) is 135 cm³/mol. The van der Waals surface area contributed by atoms with Crippen LogP contribution in [-0.2, 0) is 5.60 Å². The van der Waals surface area contributed by atoms with Crippen molar-refractivity contribution in [1.29, 1.82) is 0 Å². The fraction of sp³-hybridized carbons (Fsp3) is 0.357. The predicted octanol–water partition coefficient (Wildman–Crippen LogP) is 3.95. The van der Waals surface area contributed by atoms with Gasteiger partial charge in [0.15, 0.2) is 5.82 Å². The highest BCUT2D eigenvalue weighted by molar-refractivity contribution is 5.98. The molecule has 1 fully saturated rings. The molecule has 0 spiro atoms. The summed E-state index contributed by atoms with van der Waals surface area (Å²) < 4.78 is 33.5. The molecule has 2 atom stereocenters. The first-order chi connectivity index (χ1) is 18.5. The molecule has 1 saturated carbocycles. The van der Waals surface area contributed by atoms with Crippen LogP contribution >= 0.6 is 0 Å². The van der Waals surface area contributed by atoms with Crippen LogP contribution in [0.5, 0.6) is 5.75 Å². The number of amides is 1. The fourth-order valence-corrected chi connectivity index (χ4v) is 6.54. The van der Waals surface area contributed by atoms with E-state index in [1.54, 1.807) is 43.4 Å². The fourth-order valence-electron chi connectivity index (χ4n) is 6.54. The van der Waals surface area contributed by atoms with E-state index in [1.165, 1.54) is 6.07 Å². The van der Waals surface area contributed by atoms with Crippen molar-refractivity contribution in [2.24, 2.45) is 0 Å². The van der Waals surface area contributed by atoms with E-state index >= 15 is 0 Å². The summed E-state index contributed by atoms with van der Waals surface area (Å²) in [5.74, 6) is 0.678. The molecule has 2 aliphatic heterocycles. The van der Waals surface area contributed by atoms with Crippen LogP contribution < -0.4 is 4.74 Å². The second-order valence-electron chi connectivity index (χ2n) is 11.0. The number of alkyl halides is 2. The van der Waals surface area contributed by atoms with E-state index in [4.69, 9.17) is 9.72 Å². The van der Waals surface area contributed by atoms with Gasteiger partial charge in [0, 0.05) is 55.4 Å². The maximum absolute atomic E-state index is 13.3. The minimum atomic E-state index is -3.03. The first-order valence-corrected chi connectivity index (χ1v) is 12.7. The van der Waals surface area contributed by atoms with Gasteiger partial charge in [-0.3, -0.25) is 4.79 Å². The van der Waals surface area contributed by atoms with Crippen molar-refractivity contribution in [1.82, 2.24) is 24.4 Å². The lowest BCUT2D eigenvalue weighted by molar-refractivity contribution is -0.180. The van der Waals surface area contributed by atoms with Gasteiger partial charge in [-0.1, -0.05) is 12.1 Å². The third-order valence-corrected chi connectivity index (χ3v) is 8.15. The third kappa shape index (κ3) is 3.56.